The number of carbonyl (C=O) groups is 1. The molecule has 0 unspecified atom stereocenters. The van der Waals surface area contributed by atoms with Crippen LogP contribution in [0.1, 0.15) is 35.3 Å². The third kappa shape index (κ3) is 6.59. The molecule has 184 valence electrons. The van der Waals surface area contributed by atoms with Crippen LogP contribution in [0, 0.1) is 6.92 Å². The Morgan fingerprint density at radius 3 is 2.43 bits per heavy atom. The van der Waals surface area contributed by atoms with Gasteiger partial charge in [-0.05, 0) is 61.5 Å². The van der Waals surface area contributed by atoms with Crippen molar-refractivity contribution in [2.75, 3.05) is 54.9 Å². The Morgan fingerprint density at radius 1 is 1.00 bits per heavy atom. The molecule has 0 bridgehead atoms. The van der Waals surface area contributed by atoms with Crippen LogP contribution < -0.4 is 15.5 Å². The predicted molar refractivity (Wildman–Crippen MR) is 143 cm³/mol. The molecule has 0 saturated carbocycles. The lowest BCUT2D eigenvalue weighted by molar-refractivity contribution is 0.102. The summed E-state index contributed by atoms with van der Waals surface area (Å²) in [5.74, 6) is -0.178. The number of pyridine rings is 1. The lowest BCUT2D eigenvalue weighted by Gasteiger charge is -2.28. The van der Waals surface area contributed by atoms with Crippen LogP contribution in [0.15, 0.2) is 60.9 Å². The van der Waals surface area contributed by atoms with E-state index in [1.165, 1.54) is 5.56 Å². The van der Waals surface area contributed by atoms with Gasteiger partial charge >= 0.3 is 0 Å². The smallest absolute Gasteiger partial charge is 0.257 e. The lowest BCUT2D eigenvalue weighted by Crippen LogP contribution is -2.36. The molecule has 0 aliphatic carbocycles. The summed E-state index contributed by atoms with van der Waals surface area (Å²) < 4.78 is 5.42. The lowest BCUT2D eigenvalue weighted by atomic mass is 10.1. The minimum Gasteiger partial charge on any atom is -0.378 e. The molecule has 35 heavy (non-hydrogen) atoms. The predicted octanol–water partition coefficient (Wildman–Crippen LogP) is 5.06. The number of hydrogen-bond donors (Lipinski definition) is 2. The summed E-state index contributed by atoms with van der Waals surface area (Å²) in [4.78, 5) is 21.8. The van der Waals surface area contributed by atoms with E-state index in [0.29, 0.717) is 18.8 Å². The van der Waals surface area contributed by atoms with Gasteiger partial charge in [-0.3, -0.25) is 14.7 Å². The van der Waals surface area contributed by atoms with E-state index in [4.69, 9.17) is 4.74 Å². The van der Waals surface area contributed by atoms with Gasteiger partial charge in [0, 0.05) is 42.9 Å². The Balaban J connectivity index is 1.42. The summed E-state index contributed by atoms with van der Waals surface area (Å²) in [5.41, 5.74) is 6.58. The molecule has 1 saturated heterocycles. The number of aromatic nitrogens is 1. The summed E-state index contributed by atoms with van der Waals surface area (Å²) in [6.45, 7) is 12.4. The van der Waals surface area contributed by atoms with Gasteiger partial charge in [0.2, 0.25) is 0 Å². The first-order valence-corrected chi connectivity index (χ1v) is 12.3. The van der Waals surface area contributed by atoms with Crippen molar-refractivity contribution in [2.45, 2.75) is 27.3 Å². The molecule has 1 aliphatic rings. The second-order valence-electron chi connectivity index (χ2n) is 8.80. The summed E-state index contributed by atoms with van der Waals surface area (Å²) in [5, 5.41) is 6.51. The highest BCUT2D eigenvalue weighted by molar-refractivity contribution is 6.04. The van der Waals surface area contributed by atoms with Gasteiger partial charge in [0.25, 0.3) is 5.91 Å². The number of nitrogens with zero attached hydrogens (tertiary/aromatic N) is 3. The minimum absolute atomic E-state index is 0.178. The van der Waals surface area contributed by atoms with Gasteiger partial charge in [-0.15, -0.1) is 0 Å². The van der Waals surface area contributed by atoms with Crippen molar-refractivity contribution in [3.8, 4) is 0 Å². The Kier molecular flexibility index (Phi) is 8.34. The summed E-state index contributed by atoms with van der Waals surface area (Å²) >= 11 is 0. The van der Waals surface area contributed by atoms with Crippen LogP contribution in [0.4, 0.5) is 22.7 Å². The summed E-state index contributed by atoms with van der Waals surface area (Å²) in [7, 11) is 0. The molecule has 7 nitrogen and oxygen atoms in total. The molecule has 1 aromatic heterocycles. The zero-order valence-electron chi connectivity index (χ0n) is 20.9. The number of aryl methyl sites for hydroxylation is 1. The van der Waals surface area contributed by atoms with Crippen molar-refractivity contribution in [2.24, 2.45) is 0 Å². The molecule has 2 N–H and O–H groups in total. The maximum Gasteiger partial charge on any atom is 0.257 e. The van der Waals surface area contributed by atoms with Gasteiger partial charge in [0.15, 0.2) is 0 Å². The molecule has 2 heterocycles. The molecule has 0 atom stereocenters. The van der Waals surface area contributed by atoms with Crippen LogP contribution in [0.2, 0.25) is 0 Å². The van der Waals surface area contributed by atoms with Crippen LogP contribution in [0.25, 0.3) is 0 Å². The second-order valence-corrected chi connectivity index (χ2v) is 8.80. The van der Waals surface area contributed by atoms with Crippen molar-refractivity contribution >= 4 is 28.7 Å². The fraction of sp³-hybridized carbons (Fsp3) is 0.357. The van der Waals surface area contributed by atoms with Gasteiger partial charge in [-0.25, -0.2) is 0 Å². The summed E-state index contributed by atoms with van der Waals surface area (Å²) in [6.07, 6.45) is 3.40. The quantitative estimate of drug-likeness (QED) is 0.453. The maximum absolute atomic E-state index is 13.0. The van der Waals surface area contributed by atoms with Crippen LogP contribution in [-0.2, 0) is 11.3 Å². The highest BCUT2D eigenvalue weighted by atomic mass is 16.5. The van der Waals surface area contributed by atoms with E-state index in [1.807, 2.05) is 24.3 Å². The third-order valence-electron chi connectivity index (χ3n) is 6.39. The molecule has 0 spiro atoms. The molecule has 4 rings (SSSR count). The van der Waals surface area contributed by atoms with Gasteiger partial charge in [-0.1, -0.05) is 32.0 Å². The Labute approximate surface area is 208 Å². The number of morpholine rings is 1. The van der Waals surface area contributed by atoms with Crippen LogP contribution >= 0.6 is 0 Å². The number of benzene rings is 2. The average Bonchev–Trinajstić information content (AvgIpc) is 2.90. The Hall–Kier alpha value is -3.42. The molecule has 7 heteroatoms. The number of rotatable bonds is 9. The van der Waals surface area contributed by atoms with E-state index in [-0.39, 0.29) is 5.91 Å². The molecule has 1 fully saturated rings. The number of anilines is 4. The molecule has 0 radical (unpaired) electrons. The molecular weight excluding hydrogens is 438 g/mol. The van der Waals surface area contributed by atoms with E-state index in [9.17, 15) is 4.79 Å². The molecule has 1 amide bonds. The largest absolute Gasteiger partial charge is 0.378 e. The second kappa shape index (κ2) is 11.8. The first-order valence-electron chi connectivity index (χ1n) is 12.3. The van der Waals surface area contributed by atoms with Gasteiger partial charge in [0.05, 0.1) is 30.7 Å². The molecule has 3 aromatic rings. The SMILES string of the molecule is CCN(CC)Cc1ccc(Nc2cc(NC(=O)c3cncc(N4CCOCC4)c3)ccc2C)cc1. The number of ether oxygens (including phenoxy) is 1. The molecule has 1 aliphatic heterocycles. The van der Waals surface area contributed by atoms with Crippen molar-refractivity contribution < 1.29 is 9.53 Å². The van der Waals surface area contributed by atoms with Crippen LogP contribution in [0.3, 0.4) is 0 Å². The number of nitrogens with one attached hydrogen (secondary N) is 2. The highest BCUT2D eigenvalue weighted by Gasteiger charge is 2.15. The fourth-order valence-electron chi connectivity index (χ4n) is 4.14. The van der Waals surface area contributed by atoms with E-state index >= 15 is 0 Å². The highest BCUT2D eigenvalue weighted by Crippen LogP contribution is 2.25. The third-order valence-corrected chi connectivity index (χ3v) is 6.39. The van der Waals surface area contributed by atoms with E-state index in [0.717, 1.165) is 61.0 Å². The average molecular weight is 474 g/mol. The van der Waals surface area contributed by atoms with E-state index in [1.54, 1.807) is 12.4 Å². The number of amides is 1. The number of hydrogen-bond acceptors (Lipinski definition) is 6. The van der Waals surface area contributed by atoms with Gasteiger partial charge in [-0.2, -0.15) is 0 Å². The molecular formula is C28H35N5O2. The topological polar surface area (TPSA) is 69.7 Å². The monoisotopic (exact) mass is 473 g/mol. The minimum atomic E-state index is -0.178. The Morgan fingerprint density at radius 2 is 1.71 bits per heavy atom. The van der Waals surface area contributed by atoms with Crippen molar-refractivity contribution in [3.05, 3.63) is 77.6 Å². The van der Waals surface area contributed by atoms with Crippen LogP contribution in [-0.4, -0.2) is 55.2 Å². The zero-order valence-corrected chi connectivity index (χ0v) is 20.9. The zero-order chi connectivity index (χ0) is 24.6. The van der Waals surface area contributed by atoms with Crippen LogP contribution in [0.5, 0.6) is 0 Å². The van der Waals surface area contributed by atoms with Crippen molar-refractivity contribution in [1.82, 2.24) is 9.88 Å². The molecule has 2 aromatic carbocycles. The van der Waals surface area contributed by atoms with E-state index < -0.39 is 0 Å². The standard InChI is InChI=1S/C28H35N5O2/c1-4-32(5-2)20-22-7-10-24(11-8-22)30-27-17-25(9-6-21(27)3)31-28(34)23-16-26(19-29-18-23)33-12-14-35-15-13-33/h6-11,16-19,30H,4-5,12-15,20H2,1-3H3,(H,31,34). The van der Waals surface area contributed by atoms with Crippen molar-refractivity contribution in [1.29, 1.82) is 0 Å². The number of carbonyl (C=O) groups excluding carboxylic acids is 1. The first-order chi connectivity index (χ1) is 17.1. The van der Waals surface area contributed by atoms with Gasteiger partial charge < -0.3 is 20.3 Å². The normalized spacial score (nSPS) is 13.7. The first kappa shape index (κ1) is 24.7. The van der Waals surface area contributed by atoms with E-state index in [2.05, 4.69) is 70.5 Å². The summed E-state index contributed by atoms with van der Waals surface area (Å²) in [6, 6.07) is 16.3. The van der Waals surface area contributed by atoms with Gasteiger partial charge in [0.1, 0.15) is 0 Å². The Bertz CT molecular complexity index is 1120. The van der Waals surface area contributed by atoms with Crippen molar-refractivity contribution in [3.63, 3.8) is 0 Å². The fourth-order valence-corrected chi connectivity index (χ4v) is 4.14. The maximum atomic E-state index is 13.0.